The molecule has 0 saturated carbocycles. The Balaban J connectivity index is 1.68. The summed E-state index contributed by atoms with van der Waals surface area (Å²) in [5.41, 5.74) is 5.25. The van der Waals surface area contributed by atoms with Crippen LogP contribution in [0.25, 0.3) is 16.7 Å². The van der Waals surface area contributed by atoms with Crippen LogP contribution in [0, 0.1) is 0 Å². The Morgan fingerprint density at radius 1 is 1.12 bits per heavy atom. The van der Waals surface area contributed by atoms with Gasteiger partial charge in [-0.2, -0.15) is 0 Å². The van der Waals surface area contributed by atoms with Crippen molar-refractivity contribution in [1.82, 2.24) is 24.7 Å². The minimum absolute atomic E-state index is 0.554. The molecule has 0 unspecified atom stereocenters. The summed E-state index contributed by atoms with van der Waals surface area (Å²) in [6.45, 7) is 2.48. The van der Waals surface area contributed by atoms with Gasteiger partial charge in [-0.05, 0) is 47.9 Å². The zero-order valence-corrected chi connectivity index (χ0v) is 13.3. The zero-order valence-electron chi connectivity index (χ0n) is 13.3. The number of rotatable bonds is 5. The Bertz CT molecular complexity index is 959. The number of nitrogens with zero attached hydrogens (tertiary/aromatic N) is 5. The van der Waals surface area contributed by atoms with Gasteiger partial charge in [-0.15, -0.1) is 5.10 Å². The van der Waals surface area contributed by atoms with E-state index < -0.39 is 0 Å². The molecule has 24 heavy (non-hydrogen) atoms. The van der Waals surface area contributed by atoms with Gasteiger partial charge in [0.2, 0.25) is 0 Å². The Hall–Kier alpha value is -3.15. The van der Waals surface area contributed by atoms with Gasteiger partial charge in [0.05, 0.1) is 6.33 Å². The van der Waals surface area contributed by atoms with E-state index in [0.717, 1.165) is 23.1 Å². The number of hydrogen-bond donors (Lipinski definition) is 0. The molecule has 0 atom stereocenters. The number of imidazole rings is 1. The van der Waals surface area contributed by atoms with Gasteiger partial charge in [0.25, 0.3) is 0 Å². The highest BCUT2D eigenvalue weighted by atomic mass is 16.7. The van der Waals surface area contributed by atoms with Gasteiger partial charge in [-0.3, -0.25) is 0 Å². The molecule has 0 saturated heterocycles. The predicted octanol–water partition coefficient (Wildman–Crippen LogP) is 2.66. The fraction of sp³-hybridized carbons (Fsp3) is 0.167. The molecular weight excluding hydrogens is 302 g/mol. The van der Waals surface area contributed by atoms with E-state index in [2.05, 4.69) is 45.6 Å². The van der Waals surface area contributed by atoms with Crippen LogP contribution in [0.15, 0.2) is 61.2 Å². The summed E-state index contributed by atoms with van der Waals surface area (Å²) in [6.07, 6.45) is 6.37. The standard InChI is InChI=1S/C18H17N5O/c1-2-24-23-18-8-7-14(12-16(18)20-21-23)11-15-5-3-4-6-17(15)22-10-9-19-13-22/h3-10,12-13H,2,11H2,1H3. The molecule has 0 radical (unpaired) electrons. The molecule has 6 nitrogen and oxygen atoms in total. The molecule has 6 heteroatoms. The van der Waals surface area contributed by atoms with Crippen molar-refractivity contribution in [2.24, 2.45) is 0 Å². The summed E-state index contributed by atoms with van der Waals surface area (Å²) in [6, 6.07) is 14.5. The Labute approximate surface area is 139 Å². The minimum Gasteiger partial charge on any atom is -0.395 e. The molecule has 0 spiro atoms. The highest BCUT2D eigenvalue weighted by Crippen LogP contribution is 2.20. The van der Waals surface area contributed by atoms with Crippen LogP contribution in [0.3, 0.4) is 0 Å². The van der Waals surface area contributed by atoms with Crippen LogP contribution in [-0.2, 0) is 6.42 Å². The lowest BCUT2D eigenvalue weighted by Gasteiger charge is -2.10. The molecule has 2 aromatic heterocycles. The number of hydrogen-bond acceptors (Lipinski definition) is 4. The normalized spacial score (nSPS) is 11.0. The molecule has 120 valence electrons. The highest BCUT2D eigenvalue weighted by molar-refractivity contribution is 5.74. The number of benzene rings is 2. The van der Waals surface area contributed by atoms with Gasteiger partial charge in [-0.25, -0.2) is 4.98 Å². The van der Waals surface area contributed by atoms with E-state index in [0.29, 0.717) is 6.61 Å². The van der Waals surface area contributed by atoms with Crippen molar-refractivity contribution in [2.45, 2.75) is 13.3 Å². The van der Waals surface area contributed by atoms with Crippen LogP contribution in [0.4, 0.5) is 0 Å². The van der Waals surface area contributed by atoms with Crippen molar-refractivity contribution in [3.05, 3.63) is 72.3 Å². The highest BCUT2D eigenvalue weighted by Gasteiger charge is 2.09. The maximum absolute atomic E-state index is 5.42. The van der Waals surface area contributed by atoms with E-state index in [1.54, 1.807) is 6.20 Å². The zero-order chi connectivity index (χ0) is 16.4. The lowest BCUT2D eigenvalue weighted by Crippen LogP contribution is -2.11. The van der Waals surface area contributed by atoms with Gasteiger partial charge in [0.15, 0.2) is 0 Å². The lowest BCUT2D eigenvalue weighted by atomic mass is 10.0. The van der Waals surface area contributed by atoms with Crippen molar-refractivity contribution in [3.8, 4) is 5.69 Å². The third-order valence-corrected chi connectivity index (χ3v) is 3.90. The summed E-state index contributed by atoms with van der Waals surface area (Å²) in [7, 11) is 0. The average molecular weight is 319 g/mol. The largest absolute Gasteiger partial charge is 0.395 e. The second kappa shape index (κ2) is 6.16. The molecule has 4 rings (SSSR count). The first kappa shape index (κ1) is 14.4. The fourth-order valence-corrected chi connectivity index (χ4v) is 2.81. The maximum atomic E-state index is 5.42. The summed E-state index contributed by atoms with van der Waals surface area (Å²) in [4.78, 5) is 11.0. The second-order valence-electron chi connectivity index (χ2n) is 5.48. The topological polar surface area (TPSA) is 57.8 Å². The van der Waals surface area contributed by atoms with Crippen LogP contribution in [0.5, 0.6) is 0 Å². The third kappa shape index (κ3) is 2.62. The molecule has 2 heterocycles. The Morgan fingerprint density at radius 2 is 2.04 bits per heavy atom. The first-order valence-electron chi connectivity index (χ1n) is 7.89. The van der Waals surface area contributed by atoms with E-state index in [4.69, 9.17) is 4.84 Å². The van der Waals surface area contributed by atoms with Crippen LogP contribution in [0.1, 0.15) is 18.1 Å². The first-order valence-corrected chi connectivity index (χ1v) is 7.89. The van der Waals surface area contributed by atoms with Crippen molar-refractivity contribution in [2.75, 3.05) is 6.61 Å². The predicted molar refractivity (Wildman–Crippen MR) is 91.0 cm³/mol. The minimum atomic E-state index is 0.554. The van der Waals surface area contributed by atoms with Gasteiger partial charge in [0.1, 0.15) is 17.6 Å². The number of fused-ring (bicyclic) bond motifs is 1. The van der Waals surface area contributed by atoms with Gasteiger partial charge in [-0.1, -0.05) is 29.1 Å². The fourth-order valence-electron chi connectivity index (χ4n) is 2.81. The summed E-state index contributed by atoms with van der Waals surface area (Å²) >= 11 is 0. The maximum Gasteiger partial charge on any atom is 0.130 e. The summed E-state index contributed by atoms with van der Waals surface area (Å²) in [5.74, 6) is 0. The van der Waals surface area contributed by atoms with Crippen LogP contribution in [0.2, 0.25) is 0 Å². The monoisotopic (exact) mass is 319 g/mol. The van der Waals surface area contributed by atoms with Crippen LogP contribution < -0.4 is 4.84 Å². The summed E-state index contributed by atoms with van der Waals surface area (Å²) in [5, 5.41) is 8.21. The summed E-state index contributed by atoms with van der Waals surface area (Å²) < 4.78 is 2.03. The van der Waals surface area contributed by atoms with E-state index in [1.165, 1.54) is 16.0 Å². The van der Waals surface area contributed by atoms with Gasteiger partial charge < -0.3 is 9.40 Å². The molecule has 0 aliphatic carbocycles. The molecule has 0 N–H and O–H groups in total. The molecule has 2 aromatic carbocycles. The average Bonchev–Trinajstić information content (AvgIpc) is 3.26. The van der Waals surface area contributed by atoms with E-state index in [-0.39, 0.29) is 0 Å². The smallest absolute Gasteiger partial charge is 0.130 e. The quantitative estimate of drug-likeness (QED) is 0.567. The molecule has 0 amide bonds. The molecule has 0 aliphatic heterocycles. The molecule has 0 aliphatic rings. The van der Waals surface area contributed by atoms with Crippen LogP contribution >= 0.6 is 0 Å². The van der Waals surface area contributed by atoms with Crippen molar-refractivity contribution in [3.63, 3.8) is 0 Å². The van der Waals surface area contributed by atoms with E-state index >= 15 is 0 Å². The Kier molecular flexibility index (Phi) is 3.70. The van der Waals surface area contributed by atoms with E-state index in [1.807, 2.05) is 36.1 Å². The third-order valence-electron chi connectivity index (χ3n) is 3.90. The van der Waals surface area contributed by atoms with Crippen molar-refractivity contribution >= 4 is 11.0 Å². The molecule has 0 fully saturated rings. The molecule has 0 bridgehead atoms. The second-order valence-corrected chi connectivity index (χ2v) is 5.48. The first-order chi connectivity index (χ1) is 11.8. The van der Waals surface area contributed by atoms with Crippen molar-refractivity contribution in [1.29, 1.82) is 0 Å². The van der Waals surface area contributed by atoms with Gasteiger partial charge in [0, 0.05) is 18.1 Å². The van der Waals surface area contributed by atoms with Crippen LogP contribution in [-0.4, -0.2) is 31.3 Å². The molecule has 4 aromatic rings. The van der Waals surface area contributed by atoms with E-state index in [9.17, 15) is 0 Å². The number of para-hydroxylation sites is 1. The SMILES string of the molecule is CCOn1nnc2cc(Cc3ccccc3-n3ccnc3)ccc21. The number of aromatic nitrogens is 5. The van der Waals surface area contributed by atoms with Gasteiger partial charge >= 0.3 is 0 Å². The van der Waals surface area contributed by atoms with Crippen molar-refractivity contribution < 1.29 is 4.84 Å². The molecular formula is C18H17N5O. The Morgan fingerprint density at radius 3 is 2.88 bits per heavy atom. The lowest BCUT2D eigenvalue weighted by molar-refractivity contribution is 0.0979.